The number of nitrogens with two attached hydrogens (primary N) is 1. The van der Waals surface area contributed by atoms with E-state index in [-0.39, 0.29) is 5.91 Å². The van der Waals surface area contributed by atoms with Crippen LogP contribution in [-0.2, 0) is 4.79 Å². The summed E-state index contributed by atoms with van der Waals surface area (Å²) in [6, 6.07) is 5.68. The molecule has 0 aromatic heterocycles. The number of nitrogens with one attached hydrogen (secondary N) is 1. The van der Waals surface area contributed by atoms with Crippen LogP contribution in [0.25, 0.3) is 0 Å². The predicted molar refractivity (Wildman–Crippen MR) is 61.4 cm³/mol. The van der Waals surface area contributed by atoms with E-state index in [2.05, 4.69) is 17.2 Å². The summed E-state index contributed by atoms with van der Waals surface area (Å²) >= 11 is 0. The fourth-order valence-corrected chi connectivity index (χ4v) is 1.18. The van der Waals surface area contributed by atoms with Crippen molar-refractivity contribution in [1.29, 1.82) is 0 Å². The van der Waals surface area contributed by atoms with E-state index < -0.39 is 0 Å². The molecule has 1 aromatic carbocycles. The van der Waals surface area contributed by atoms with Gasteiger partial charge in [-0.2, -0.15) is 0 Å². The van der Waals surface area contributed by atoms with E-state index in [0.717, 1.165) is 16.8 Å². The average molecular weight is 202 g/mol. The molecule has 0 saturated heterocycles. The Labute approximate surface area is 89.7 Å². The highest BCUT2D eigenvalue weighted by Crippen LogP contribution is 2.16. The maximum absolute atomic E-state index is 10.9. The number of aryl methyl sites for hydroxylation is 1. The number of amides is 1. The van der Waals surface area contributed by atoms with Gasteiger partial charge in [-0.3, -0.25) is 4.79 Å². The molecule has 3 heteroatoms. The van der Waals surface area contributed by atoms with Crippen LogP contribution in [0.1, 0.15) is 18.1 Å². The molecule has 1 aromatic rings. The van der Waals surface area contributed by atoms with Crippen molar-refractivity contribution in [3.05, 3.63) is 29.3 Å². The molecule has 0 radical (unpaired) electrons. The zero-order valence-electron chi connectivity index (χ0n) is 8.92. The van der Waals surface area contributed by atoms with Gasteiger partial charge in [-0.1, -0.05) is 17.9 Å². The molecular formula is C12H14N2O. The number of carbonyl (C=O) groups excluding carboxylic acids is 1. The Hall–Kier alpha value is -1.79. The predicted octanol–water partition coefficient (Wildman–Crippen LogP) is 1.26. The molecule has 0 aliphatic heterocycles. The summed E-state index contributed by atoms with van der Waals surface area (Å²) in [6.07, 6.45) is 0. The van der Waals surface area contributed by atoms with Crippen molar-refractivity contribution < 1.29 is 4.79 Å². The lowest BCUT2D eigenvalue weighted by Crippen LogP contribution is -2.07. The van der Waals surface area contributed by atoms with Crippen molar-refractivity contribution in [2.75, 3.05) is 11.9 Å². The second-order valence-electron chi connectivity index (χ2n) is 3.22. The maximum Gasteiger partial charge on any atom is 0.221 e. The molecule has 0 bridgehead atoms. The van der Waals surface area contributed by atoms with E-state index in [1.54, 1.807) is 0 Å². The largest absolute Gasteiger partial charge is 0.326 e. The standard InChI is InChI=1S/C12H14N2O/c1-9-5-6-11(4-3-7-13)8-12(9)14-10(2)15/h5-6,8H,7,13H2,1-2H3,(H,14,15). The van der Waals surface area contributed by atoms with Gasteiger partial charge in [-0.25, -0.2) is 0 Å². The molecule has 0 aliphatic rings. The third-order valence-electron chi connectivity index (χ3n) is 1.88. The topological polar surface area (TPSA) is 55.1 Å². The normalized spacial score (nSPS) is 9.00. The SMILES string of the molecule is CC(=O)Nc1cc(C#CCN)ccc1C. The molecule has 0 atom stereocenters. The van der Waals surface area contributed by atoms with Crippen LogP contribution in [0.5, 0.6) is 0 Å². The summed E-state index contributed by atoms with van der Waals surface area (Å²) in [7, 11) is 0. The van der Waals surface area contributed by atoms with Crippen LogP contribution < -0.4 is 11.1 Å². The van der Waals surface area contributed by atoms with Crippen molar-refractivity contribution in [2.24, 2.45) is 5.73 Å². The number of hydrogen-bond donors (Lipinski definition) is 2. The summed E-state index contributed by atoms with van der Waals surface area (Å²) in [6.45, 7) is 3.76. The molecule has 0 spiro atoms. The fraction of sp³-hybridized carbons (Fsp3) is 0.250. The zero-order chi connectivity index (χ0) is 11.3. The van der Waals surface area contributed by atoms with E-state index in [0.29, 0.717) is 6.54 Å². The van der Waals surface area contributed by atoms with E-state index >= 15 is 0 Å². The lowest BCUT2D eigenvalue weighted by Gasteiger charge is -2.06. The van der Waals surface area contributed by atoms with Gasteiger partial charge < -0.3 is 11.1 Å². The zero-order valence-corrected chi connectivity index (χ0v) is 8.92. The summed E-state index contributed by atoms with van der Waals surface area (Å²) < 4.78 is 0. The van der Waals surface area contributed by atoms with E-state index in [1.807, 2.05) is 25.1 Å². The van der Waals surface area contributed by atoms with E-state index in [1.165, 1.54) is 6.92 Å². The van der Waals surface area contributed by atoms with Crippen molar-refractivity contribution in [2.45, 2.75) is 13.8 Å². The first-order chi connectivity index (χ1) is 7.13. The molecule has 78 valence electrons. The van der Waals surface area contributed by atoms with Crippen molar-refractivity contribution >= 4 is 11.6 Å². The highest BCUT2D eigenvalue weighted by Gasteiger charge is 2.00. The summed E-state index contributed by atoms with van der Waals surface area (Å²) in [5, 5.41) is 2.75. The summed E-state index contributed by atoms with van der Waals surface area (Å²) in [5.41, 5.74) is 7.95. The number of rotatable bonds is 1. The van der Waals surface area contributed by atoms with Crippen LogP contribution in [0.4, 0.5) is 5.69 Å². The van der Waals surface area contributed by atoms with Gasteiger partial charge >= 0.3 is 0 Å². The molecule has 1 rings (SSSR count). The molecule has 0 saturated carbocycles. The van der Waals surface area contributed by atoms with Crippen LogP contribution in [0.15, 0.2) is 18.2 Å². The van der Waals surface area contributed by atoms with Crippen molar-refractivity contribution in [1.82, 2.24) is 0 Å². The van der Waals surface area contributed by atoms with E-state index in [9.17, 15) is 4.79 Å². The third-order valence-corrected chi connectivity index (χ3v) is 1.88. The fourth-order valence-electron chi connectivity index (χ4n) is 1.18. The van der Waals surface area contributed by atoms with Crippen LogP contribution in [0, 0.1) is 18.8 Å². The van der Waals surface area contributed by atoms with Gasteiger partial charge in [0.2, 0.25) is 5.91 Å². The average Bonchev–Trinajstić information content (AvgIpc) is 2.18. The van der Waals surface area contributed by atoms with Crippen LogP contribution in [-0.4, -0.2) is 12.5 Å². The van der Waals surface area contributed by atoms with Crippen molar-refractivity contribution in [3.63, 3.8) is 0 Å². The van der Waals surface area contributed by atoms with Gasteiger partial charge in [-0.15, -0.1) is 0 Å². The molecular weight excluding hydrogens is 188 g/mol. The Morgan fingerprint density at radius 1 is 1.53 bits per heavy atom. The smallest absolute Gasteiger partial charge is 0.221 e. The van der Waals surface area contributed by atoms with Gasteiger partial charge in [0.25, 0.3) is 0 Å². The molecule has 0 unspecified atom stereocenters. The quantitative estimate of drug-likeness (QED) is 0.674. The Balaban J connectivity index is 2.99. The first-order valence-corrected chi connectivity index (χ1v) is 4.70. The van der Waals surface area contributed by atoms with Gasteiger partial charge in [0.15, 0.2) is 0 Å². The first kappa shape index (κ1) is 11.3. The Kier molecular flexibility index (Phi) is 3.90. The third kappa shape index (κ3) is 3.45. The summed E-state index contributed by atoms with van der Waals surface area (Å²) in [5.74, 6) is 5.61. The highest BCUT2D eigenvalue weighted by atomic mass is 16.1. The molecule has 15 heavy (non-hydrogen) atoms. The second kappa shape index (κ2) is 5.18. The highest BCUT2D eigenvalue weighted by molar-refractivity contribution is 5.89. The number of benzene rings is 1. The number of anilines is 1. The van der Waals surface area contributed by atoms with Crippen LogP contribution in [0.3, 0.4) is 0 Å². The molecule has 0 heterocycles. The van der Waals surface area contributed by atoms with Crippen LogP contribution in [0.2, 0.25) is 0 Å². The summed E-state index contributed by atoms with van der Waals surface area (Å²) in [4.78, 5) is 10.9. The lowest BCUT2D eigenvalue weighted by molar-refractivity contribution is -0.114. The Morgan fingerprint density at radius 3 is 2.87 bits per heavy atom. The van der Waals surface area contributed by atoms with Gasteiger partial charge in [0, 0.05) is 18.2 Å². The molecule has 0 aliphatic carbocycles. The molecule has 3 N–H and O–H groups in total. The monoisotopic (exact) mass is 202 g/mol. The molecule has 0 fully saturated rings. The van der Waals surface area contributed by atoms with Crippen molar-refractivity contribution in [3.8, 4) is 11.8 Å². The second-order valence-corrected chi connectivity index (χ2v) is 3.22. The first-order valence-electron chi connectivity index (χ1n) is 4.70. The minimum absolute atomic E-state index is 0.0814. The molecule has 3 nitrogen and oxygen atoms in total. The maximum atomic E-state index is 10.9. The minimum atomic E-state index is -0.0814. The number of carbonyl (C=O) groups is 1. The molecule has 1 amide bonds. The minimum Gasteiger partial charge on any atom is -0.326 e. The van der Waals surface area contributed by atoms with Crippen LogP contribution >= 0.6 is 0 Å². The van der Waals surface area contributed by atoms with Gasteiger partial charge in [0.1, 0.15) is 0 Å². The Bertz CT molecular complexity index is 427. The lowest BCUT2D eigenvalue weighted by atomic mass is 10.1. The van der Waals surface area contributed by atoms with Gasteiger partial charge in [-0.05, 0) is 24.6 Å². The van der Waals surface area contributed by atoms with Gasteiger partial charge in [0.05, 0.1) is 6.54 Å². The number of hydrogen-bond acceptors (Lipinski definition) is 2. The Morgan fingerprint density at radius 2 is 2.27 bits per heavy atom. The van der Waals surface area contributed by atoms with E-state index in [4.69, 9.17) is 5.73 Å².